The number of hydrogen-bond acceptors (Lipinski definition) is 6. The van der Waals surface area contributed by atoms with Gasteiger partial charge in [0.15, 0.2) is 0 Å². The van der Waals surface area contributed by atoms with Crippen LogP contribution >= 0.6 is 11.3 Å². The summed E-state index contributed by atoms with van der Waals surface area (Å²) in [5, 5.41) is 7.59. The average Bonchev–Trinajstić information content (AvgIpc) is 3.32. The first-order valence-electron chi connectivity index (χ1n) is 9.24. The number of anilines is 1. The van der Waals surface area contributed by atoms with Crippen LogP contribution in [-0.4, -0.2) is 30.5 Å². The van der Waals surface area contributed by atoms with Gasteiger partial charge in [0.05, 0.1) is 34.5 Å². The normalized spacial score (nSPS) is 13.5. The van der Waals surface area contributed by atoms with E-state index in [0.717, 1.165) is 46.9 Å². The molecule has 4 aromatic rings. The number of aromatic nitrogens is 5. The Hall–Kier alpha value is -3.13. The van der Waals surface area contributed by atoms with Crippen molar-refractivity contribution in [3.63, 3.8) is 0 Å². The number of nitrogens with zero attached hydrogens (tertiary/aromatic N) is 5. The molecule has 0 aliphatic heterocycles. The average molecular weight is 390 g/mol. The summed E-state index contributed by atoms with van der Waals surface area (Å²) in [7, 11) is 0. The number of carbonyl (C=O) groups excluding carboxylic acids is 1. The van der Waals surface area contributed by atoms with Crippen molar-refractivity contribution >= 4 is 28.7 Å². The SMILES string of the molecule is Cc1ncsc1C(=O)Nc1ccc(-c2cn3nc4c(nc3n2)CCCC4)cc1. The zero-order valence-electron chi connectivity index (χ0n) is 15.3. The zero-order chi connectivity index (χ0) is 19.1. The second-order valence-corrected chi connectivity index (χ2v) is 7.74. The molecule has 0 fully saturated rings. The van der Waals surface area contributed by atoms with Gasteiger partial charge in [-0.1, -0.05) is 12.1 Å². The van der Waals surface area contributed by atoms with Crippen molar-refractivity contribution < 1.29 is 4.79 Å². The van der Waals surface area contributed by atoms with Crippen LogP contribution in [0, 0.1) is 6.92 Å². The monoisotopic (exact) mass is 390 g/mol. The third-order valence-corrected chi connectivity index (χ3v) is 5.86. The van der Waals surface area contributed by atoms with Crippen molar-refractivity contribution in [3.05, 3.63) is 57.9 Å². The largest absolute Gasteiger partial charge is 0.321 e. The smallest absolute Gasteiger partial charge is 0.267 e. The van der Waals surface area contributed by atoms with Gasteiger partial charge in [-0.05, 0) is 44.7 Å². The predicted molar refractivity (Wildman–Crippen MR) is 108 cm³/mol. The first-order chi connectivity index (χ1) is 13.7. The summed E-state index contributed by atoms with van der Waals surface area (Å²) < 4.78 is 1.77. The minimum absolute atomic E-state index is 0.139. The number of thiazole rings is 1. The maximum Gasteiger partial charge on any atom is 0.267 e. The zero-order valence-corrected chi connectivity index (χ0v) is 16.2. The van der Waals surface area contributed by atoms with E-state index < -0.39 is 0 Å². The number of amides is 1. The number of hydrogen-bond donors (Lipinski definition) is 1. The molecule has 0 bridgehead atoms. The molecule has 1 aliphatic rings. The fourth-order valence-electron chi connectivity index (χ4n) is 3.43. The van der Waals surface area contributed by atoms with Gasteiger partial charge in [0.2, 0.25) is 0 Å². The van der Waals surface area contributed by atoms with Crippen molar-refractivity contribution in [1.82, 2.24) is 24.6 Å². The summed E-state index contributed by atoms with van der Waals surface area (Å²) in [5.74, 6) is 0.494. The van der Waals surface area contributed by atoms with E-state index in [9.17, 15) is 4.79 Å². The number of benzene rings is 1. The minimum Gasteiger partial charge on any atom is -0.321 e. The van der Waals surface area contributed by atoms with Crippen LogP contribution in [0.1, 0.15) is 39.6 Å². The summed E-state index contributed by atoms with van der Waals surface area (Å²) in [4.78, 5) is 26.4. The van der Waals surface area contributed by atoms with E-state index in [-0.39, 0.29) is 5.91 Å². The van der Waals surface area contributed by atoms with Gasteiger partial charge in [0, 0.05) is 11.3 Å². The van der Waals surface area contributed by atoms with Crippen molar-refractivity contribution in [3.8, 4) is 11.3 Å². The molecule has 1 amide bonds. The lowest BCUT2D eigenvalue weighted by Crippen LogP contribution is -2.11. The fraction of sp³-hybridized carbons (Fsp3) is 0.250. The third-order valence-electron chi connectivity index (χ3n) is 4.93. The molecule has 1 aliphatic carbocycles. The van der Waals surface area contributed by atoms with Crippen molar-refractivity contribution in [2.24, 2.45) is 0 Å². The topological polar surface area (TPSA) is 85.1 Å². The van der Waals surface area contributed by atoms with Crippen LogP contribution in [-0.2, 0) is 12.8 Å². The maximum atomic E-state index is 12.3. The molecule has 0 saturated carbocycles. The van der Waals surface area contributed by atoms with Crippen LogP contribution in [0.2, 0.25) is 0 Å². The Morgan fingerprint density at radius 2 is 1.89 bits per heavy atom. The van der Waals surface area contributed by atoms with Crippen LogP contribution < -0.4 is 5.32 Å². The molecule has 1 aromatic carbocycles. The second-order valence-electron chi connectivity index (χ2n) is 6.88. The summed E-state index contributed by atoms with van der Waals surface area (Å²) in [5.41, 5.74) is 7.09. The molecule has 0 spiro atoms. The Morgan fingerprint density at radius 3 is 2.64 bits per heavy atom. The second kappa shape index (κ2) is 6.79. The van der Waals surface area contributed by atoms with Crippen LogP contribution in [0.5, 0.6) is 0 Å². The van der Waals surface area contributed by atoms with Crippen molar-refractivity contribution in [2.75, 3.05) is 5.32 Å². The Kier molecular flexibility index (Phi) is 4.12. The van der Waals surface area contributed by atoms with E-state index in [1.807, 2.05) is 37.4 Å². The lowest BCUT2D eigenvalue weighted by Gasteiger charge is -2.12. The maximum absolute atomic E-state index is 12.3. The molecule has 28 heavy (non-hydrogen) atoms. The van der Waals surface area contributed by atoms with E-state index in [2.05, 4.69) is 25.4 Å². The summed E-state index contributed by atoms with van der Waals surface area (Å²) in [6.07, 6.45) is 6.21. The molecule has 1 N–H and O–H groups in total. The summed E-state index contributed by atoms with van der Waals surface area (Å²) >= 11 is 1.34. The van der Waals surface area contributed by atoms with Gasteiger partial charge in [0.1, 0.15) is 4.88 Å². The molecule has 0 saturated heterocycles. The molecule has 5 rings (SSSR count). The van der Waals surface area contributed by atoms with E-state index in [1.54, 1.807) is 10.0 Å². The number of carbonyl (C=O) groups is 1. The summed E-state index contributed by atoms with van der Waals surface area (Å²) in [6, 6.07) is 7.63. The molecule has 3 aromatic heterocycles. The van der Waals surface area contributed by atoms with E-state index in [1.165, 1.54) is 24.2 Å². The highest BCUT2D eigenvalue weighted by Crippen LogP contribution is 2.23. The Balaban J connectivity index is 1.39. The highest BCUT2D eigenvalue weighted by molar-refractivity contribution is 7.12. The lowest BCUT2D eigenvalue weighted by atomic mass is 10.0. The third kappa shape index (κ3) is 3.05. The number of nitrogens with one attached hydrogen (secondary N) is 1. The van der Waals surface area contributed by atoms with Gasteiger partial charge in [-0.2, -0.15) is 5.10 Å². The highest BCUT2D eigenvalue weighted by Gasteiger charge is 2.16. The molecule has 0 radical (unpaired) electrons. The highest BCUT2D eigenvalue weighted by atomic mass is 32.1. The van der Waals surface area contributed by atoms with Crippen LogP contribution in [0.25, 0.3) is 17.0 Å². The van der Waals surface area contributed by atoms with Gasteiger partial charge >= 0.3 is 0 Å². The number of rotatable bonds is 3. The van der Waals surface area contributed by atoms with Crippen LogP contribution in [0.4, 0.5) is 5.69 Å². The summed E-state index contributed by atoms with van der Waals surface area (Å²) in [6.45, 7) is 1.83. The van der Waals surface area contributed by atoms with Crippen LogP contribution in [0.15, 0.2) is 36.0 Å². The number of fused-ring (bicyclic) bond motifs is 2. The fourth-order valence-corrected chi connectivity index (χ4v) is 4.13. The molecule has 140 valence electrons. The quantitative estimate of drug-likeness (QED) is 0.577. The Labute approximate surface area is 165 Å². The van der Waals surface area contributed by atoms with Gasteiger partial charge in [-0.15, -0.1) is 11.3 Å². The van der Waals surface area contributed by atoms with Gasteiger partial charge < -0.3 is 5.32 Å². The first kappa shape index (κ1) is 17.0. The molecule has 8 heteroatoms. The van der Waals surface area contributed by atoms with Crippen molar-refractivity contribution in [2.45, 2.75) is 32.6 Å². The molecule has 0 atom stereocenters. The Bertz CT molecular complexity index is 1130. The molecular weight excluding hydrogens is 372 g/mol. The first-order valence-corrected chi connectivity index (χ1v) is 10.1. The molecule has 3 heterocycles. The van der Waals surface area contributed by atoms with Gasteiger partial charge in [-0.25, -0.2) is 19.5 Å². The number of imidazole rings is 1. The van der Waals surface area contributed by atoms with E-state index in [0.29, 0.717) is 10.7 Å². The molecule has 7 nitrogen and oxygen atoms in total. The lowest BCUT2D eigenvalue weighted by molar-refractivity contribution is 0.103. The molecule has 0 unspecified atom stereocenters. The van der Waals surface area contributed by atoms with E-state index >= 15 is 0 Å². The van der Waals surface area contributed by atoms with Gasteiger partial charge in [-0.3, -0.25) is 4.79 Å². The standard InChI is InChI=1S/C20H18N6OS/c1-12-18(28-11-21-12)19(27)22-14-8-6-13(7-9-14)17-10-26-20(24-17)23-15-4-2-3-5-16(15)25-26/h6-11H,2-5H2,1H3,(H,22,27). The Morgan fingerprint density at radius 1 is 1.11 bits per heavy atom. The predicted octanol–water partition coefficient (Wildman–Crippen LogP) is 3.69. The minimum atomic E-state index is -0.139. The van der Waals surface area contributed by atoms with Crippen molar-refractivity contribution in [1.29, 1.82) is 0 Å². The molecular formula is C20H18N6OS. The van der Waals surface area contributed by atoms with Gasteiger partial charge in [0.25, 0.3) is 11.7 Å². The van der Waals surface area contributed by atoms with Crippen LogP contribution in [0.3, 0.4) is 0 Å². The van der Waals surface area contributed by atoms with E-state index in [4.69, 9.17) is 0 Å². The number of aryl methyl sites for hydroxylation is 3.